The van der Waals surface area contributed by atoms with Gasteiger partial charge in [0.1, 0.15) is 0 Å². The molecule has 308 valence electrons. The van der Waals surface area contributed by atoms with Gasteiger partial charge in [-0.2, -0.15) is 0 Å². The third-order valence-electron chi connectivity index (χ3n) is 16.0. The molecule has 4 saturated carbocycles. The van der Waals surface area contributed by atoms with Gasteiger partial charge in [0.15, 0.2) is 8.07 Å². The van der Waals surface area contributed by atoms with Gasteiger partial charge in [0.05, 0.1) is 0 Å². The van der Waals surface area contributed by atoms with E-state index in [9.17, 15) is 0 Å². The van der Waals surface area contributed by atoms with E-state index >= 15 is 0 Å². The minimum absolute atomic E-state index is 0.157. The van der Waals surface area contributed by atoms with Crippen LogP contribution in [0.1, 0.15) is 69.1 Å². The standard InChI is InChI=1S/C61H55NSi/c1-60(2)57-25-15-24-55(46-16-7-3-8-17-46)59(57)56-35-32-50(39-58(56)60)62(48-28-26-47(27-29-48)61-40-43-36-44(41-61)38-45(37-43)42-61)49-30-33-54(34-31-49)63(51-18-9-4-10-19-51,52-20-11-5-12-21-52)53-22-13-6-14-23-53/h3-35,39,43-45H,36-38,40-42H2,1-2H3. The topological polar surface area (TPSA) is 3.24 Å². The van der Waals surface area contributed by atoms with E-state index in [0.29, 0.717) is 5.41 Å². The summed E-state index contributed by atoms with van der Waals surface area (Å²) in [6.07, 6.45) is 8.54. The van der Waals surface area contributed by atoms with Crippen molar-refractivity contribution in [1.29, 1.82) is 0 Å². The van der Waals surface area contributed by atoms with Crippen molar-refractivity contribution in [3.05, 3.63) is 223 Å². The Hall–Kier alpha value is -6.22. The molecule has 0 saturated heterocycles. The van der Waals surface area contributed by atoms with Crippen LogP contribution in [0.15, 0.2) is 206 Å². The number of hydrogen-bond acceptors (Lipinski definition) is 1. The third kappa shape index (κ3) is 6.16. The van der Waals surface area contributed by atoms with Crippen molar-refractivity contribution in [2.24, 2.45) is 17.8 Å². The molecule has 4 fully saturated rings. The Bertz CT molecular complexity index is 2790. The average Bonchev–Trinajstić information content (AvgIpc) is 3.56. The predicted molar refractivity (Wildman–Crippen MR) is 268 cm³/mol. The first-order valence-electron chi connectivity index (χ1n) is 23.4. The van der Waals surface area contributed by atoms with Crippen molar-refractivity contribution in [1.82, 2.24) is 0 Å². The number of benzene rings is 8. The summed E-state index contributed by atoms with van der Waals surface area (Å²) < 4.78 is 0. The zero-order chi connectivity index (χ0) is 42.2. The van der Waals surface area contributed by atoms with Crippen molar-refractivity contribution < 1.29 is 0 Å². The van der Waals surface area contributed by atoms with E-state index in [4.69, 9.17) is 0 Å². The number of nitrogens with zero attached hydrogens (tertiary/aromatic N) is 1. The summed E-state index contributed by atoms with van der Waals surface area (Å²) in [7, 11) is -2.68. The van der Waals surface area contributed by atoms with Crippen LogP contribution < -0.4 is 25.6 Å². The maximum Gasteiger partial charge on any atom is 0.179 e. The Morgan fingerprint density at radius 1 is 0.413 bits per heavy atom. The van der Waals surface area contributed by atoms with Gasteiger partial charge in [0, 0.05) is 22.5 Å². The molecule has 8 aromatic rings. The molecule has 0 N–H and O–H groups in total. The molecule has 4 bridgehead atoms. The molecule has 0 spiro atoms. The van der Waals surface area contributed by atoms with Gasteiger partial charge in [-0.15, -0.1) is 0 Å². The quantitative estimate of drug-likeness (QED) is 0.103. The molecule has 5 aliphatic rings. The zero-order valence-corrected chi connectivity index (χ0v) is 37.6. The summed E-state index contributed by atoms with van der Waals surface area (Å²) in [6.45, 7) is 4.83. The van der Waals surface area contributed by atoms with E-state index in [1.807, 2.05) is 0 Å². The molecule has 0 amide bonds. The highest BCUT2D eigenvalue weighted by molar-refractivity contribution is 7.19. The number of fused-ring (bicyclic) bond motifs is 3. The molecule has 0 atom stereocenters. The van der Waals surface area contributed by atoms with E-state index in [1.165, 1.54) is 110 Å². The number of rotatable bonds is 9. The fourth-order valence-corrected chi connectivity index (χ4v) is 18.3. The summed E-state index contributed by atoms with van der Waals surface area (Å²) in [5.74, 6) is 2.77. The number of hydrogen-bond donors (Lipinski definition) is 0. The molecular formula is C61H55NSi. The lowest BCUT2D eigenvalue weighted by Gasteiger charge is -2.57. The van der Waals surface area contributed by atoms with E-state index in [-0.39, 0.29) is 5.41 Å². The minimum Gasteiger partial charge on any atom is -0.310 e. The second-order valence-electron chi connectivity index (χ2n) is 19.9. The van der Waals surface area contributed by atoms with E-state index in [1.54, 1.807) is 5.56 Å². The fraction of sp³-hybridized carbons (Fsp3) is 0.213. The second kappa shape index (κ2) is 15.0. The summed E-state index contributed by atoms with van der Waals surface area (Å²) in [5.41, 5.74) is 13.4. The predicted octanol–water partition coefficient (Wildman–Crippen LogP) is 13.0. The van der Waals surface area contributed by atoms with Crippen molar-refractivity contribution in [2.45, 2.75) is 63.2 Å². The van der Waals surface area contributed by atoms with Crippen LogP contribution in [-0.2, 0) is 10.8 Å². The summed E-state index contributed by atoms with van der Waals surface area (Å²) in [6, 6.07) is 78.6. The molecule has 0 heterocycles. The molecule has 0 unspecified atom stereocenters. The van der Waals surface area contributed by atoms with Crippen molar-refractivity contribution >= 4 is 45.9 Å². The summed E-state index contributed by atoms with van der Waals surface area (Å²) >= 11 is 0. The number of anilines is 3. The van der Waals surface area contributed by atoms with Gasteiger partial charge in [0.2, 0.25) is 0 Å². The summed E-state index contributed by atoms with van der Waals surface area (Å²) in [5, 5.41) is 5.55. The average molecular weight is 830 g/mol. The van der Waals surface area contributed by atoms with Crippen LogP contribution >= 0.6 is 0 Å². The lowest BCUT2D eigenvalue weighted by atomic mass is 9.48. The van der Waals surface area contributed by atoms with Gasteiger partial charge in [-0.1, -0.05) is 184 Å². The first-order chi connectivity index (χ1) is 30.9. The van der Waals surface area contributed by atoms with Gasteiger partial charge in [0.25, 0.3) is 0 Å². The van der Waals surface area contributed by atoms with Crippen molar-refractivity contribution in [2.75, 3.05) is 4.90 Å². The molecule has 0 radical (unpaired) electrons. The Kier molecular flexibility index (Phi) is 9.13. The maximum atomic E-state index is 2.53. The van der Waals surface area contributed by atoms with Crippen LogP contribution in [0.3, 0.4) is 0 Å². The first kappa shape index (κ1) is 38.5. The molecule has 8 aromatic carbocycles. The van der Waals surface area contributed by atoms with Gasteiger partial charge >= 0.3 is 0 Å². The van der Waals surface area contributed by atoms with E-state index in [2.05, 4.69) is 225 Å². The third-order valence-corrected chi connectivity index (χ3v) is 20.8. The van der Waals surface area contributed by atoms with Crippen LogP contribution in [0.25, 0.3) is 22.3 Å². The molecule has 63 heavy (non-hydrogen) atoms. The molecular weight excluding hydrogens is 775 g/mol. The highest BCUT2D eigenvalue weighted by Crippen LogP contribution is 2.61. The van der Waals surface area contributed by atoms with Crippen LogP contribution in [-0.4, -0.2) is 8.07 Å². The van der Waals surface area contributed by atoms with Gasteiger partial charge in [-0.05, 0) is 158 Å². The fourth-order valence-electron chi connectivity index (χ4n) is 13.6. The minimum atomic E-state index is -2.68. The van der Waals surface area contributed by atoms with Gasteiger partial charge < -0.3 is 4.90 Å². The molecule has 1 nitrogen and oxygen atoms in total. The molecule has 0 aliphatic heterocycles. The monoisotopic (exact) mass is 829 g/mol. The second-order valence-corrected chi connectivity index (χ2v) is 23.7. The highest BCUT2D eigenvalue weighted by atomic mass is 28.3. The molecule has 5 aliphatic carbocycles. The Balaban J connectivity index is 1.01. The van der Waals surface area contributed by atoms with Crippen LogP contribution in [0.5, 0.6) is 0 Å². The Morgan fingerprint density at radius 2 is 0.873 bits per heavy atom. The molecule has 2 heteroatoms. The molecule has 0 aromatic heterocycles. The SMILES string of the molecule is CC1(C)c2cc(N(c3ccc(C45CC6CC(CC(C6)C4)C5)cc3)c3ccc([Si](c4ccccc4)(c4ccccc4)c4ccccc4)cc3)ccc2-c2c(-c3ccccc3)cccc21. The largest absolute Gasteiger partial charge is 0.310 e. The first-order valence-corrected chi connectivity index (χ1v) is 25.4. The van der Waals surface area contributed by atoms with Crippen molar-refractivity contribution in [3.8, 4) is 22.3 Å². The van der Waals surface area contributed by atoms with Gasteiger partial charge in [-0.25, -0.2) is 0 Å². The van der Waals surface area contributed by atoms with E-state index < -0.39 is 8.07 Å². The highest BCUT2D eigenvalue weighted by Gasteiger charge is 2.51. The summed E-state index contributed by atoms with van der Waals surface area (Å²) in [4.78, 5) is 2.53. The van der Waals surface area contributed by atoms with Crippen LogP contribution in [0.2, 0.25) is 0 Å². The van der Waals surface area contributed by atoms with Gasteiger partial charge in [-0.3, -0.25) is 0 Å². The Labute approximate surface area is 375 Å². The lowest BCUT2D eigenvalue weighted by molar-refractivity contribution is -0.00518. The smallest absolute Gasteiger partial charge is 0.179 e. The maximum absolute atomic E-state index is 2.68. The normalized spacial score (nSPS) is 21.5. The zero-order valence-electron chi connectivity index (χ0n) is 36.6. The van der Waals surface area contributed by atoms with E-state index in [0.717, 1.165) is 17.8 Å². The van der Waals surface area contributed by atoms with Crippen molar-refractivity contribution in [3.63, 3.8) is 0 Å². The van der Waals surface area contributed by atoms with Crippen LogP contribution in [0.4, 0.5) is 17.1 Å². The molecule has 13 rings (SSSR count). The van der Waals surface area contributed by atoms with Crippen LogP contribution in [0, 0.1) is 17.8 Å². The lowest BCUT2D eigenvalue weighted by Crippen LogP contribution is -2.74. The Morgan fingerprint density at radius 3 is 1.40 bits per heavy atom.